The SMILES string of the molecule is Cc1ccc(OC2C(C)CC(C)CC2N)c(Cl)c1. The van der Waals surface area contributed by atoms with Gasteiger partial charge in [0.2, 0.25) is 0 Å². The molecule has 0 bridgehead atoms. The third kappa shape index (κ3) is 2.99. The maximum absolute atomic E-state index is 6.22. The molecule has 0 saturated heterocycles. The summed E-state index contributed by atoms with van der Waals surface area (Å²) < 4.78 is 6.06. The van der Waals surface area contributed by atoms with E-state index in [1.54, 1.807) is 0 Å². The quantitative estimate of drug-likeness (QED) is 0.885. The average Bonchev–Trinajstić information content (AvgIpc) is 2.25. The maximum Gasteiger partial charge on any atom is 0.138 e. The summed E-state index contributed by atoms with van der Waals surface area (Å²) in [6.45, 7) is 6.49. The van der Waals surface area contributed by atoms with Crippen molar-refractivity contribution in [1.82, 2.24) is 0 Å². The average molecular weight is 268 g/mol. The fraction of sp³-hybridized carbons (Fsp3) is 0.600. The smallest absolute Gasteiger partial charge is 0.138 e. The van der Waals surface area contributed by atoms with E-state index in [0.717, 1.165) is 17.7 Å². The van der Waals surface area contributed by atoms with Crippen LogP contribution >= 0.6 is 11.6 Å². The zero-order valence-electron chi connectivity index (χ0n) is 11.3. The van der Waals surface area contributed by atoms with Crippen molar-refractivity contribution in [1.29, 1.82) is 0 Å². The highest BCUT2D eigenvalue weighted by Gasteiger charge is 2.33. The van der Waals surface area contributed by atoms with Crippen LogP contribution in [0.4, 0.5) is 0 Å². The molecular weight excluding hydrogens is 246 g/mol. The van der Waals surface area contributed by atoms with Crippen molar-refractivity contribution >= 4 is 11.6 Å². The molecule has 18 heavy (non-hydrogen) atoms. The Morgan fingerprint density at radius 3 is 2.61 bits per heavy atom. The first-order valence-electron chi connectivity index (χ1n) is 6.65. The van der Waals surface area contributed by atoms with E-state index in [1.165, 1.54) is 6.42 Å². The summed E-state index contributed by atoms with van der Waals surface area (Å²) in [6, 6.07) is 5.98. The molecule has 2 N–H and O–H groups in total. The van der Waals surface area contributed by atoms with E-state index in [0.29, 0.717) is 16.9 Å². The summed E-state index contributed by atoms with van der Waals surface area (Å²) in [5.74, 6) is 1.91. The van der Waals surface area contributed by atoms with Crippen molar-refractivity contribution in [3.8, 4) is 5.75 Å². The highest BCUT2D eigenvalue weighted by molar-refractivity contribution is 6.32. The van der Waals surface area contributed by atoms with Crippen molar-refractivity contribution in [3.63, 3.8) is 0 Å². The van der Waals surface area contributed by atoms with Crippen LogP contribution in [-0.4, -0.2) is 12.1 Å². The van der Waals surface area contributed by atoms with Gasteiger partial charge in [0, 0.05) is 6.04 Å². The number of rotatable bonds is 2. The lowest BCUT2D eigenvalue weighted by molar-refractivity contribution is 0.0627. The van der Waals surface area contributed by atoms with Crippen LogP contribution in [0, 0.1) is 18.8 Å². The van der Waals surface area contributed by atoms with Crippen LogP contribution < -0.4 is 10.5 Å². The molecule has 1 aliphatic carbocycles. The van der Waals surface area contributed by atoms with Gasteiger partial charge in [-0.2, -0.15) is 0 Å². The number of nitrogens with two attached hydrogens (primary N) is 1. The molecule has 1 aromatic rings. The molecule has 1 saturated carbocycles. The van der Waals surface area contributed by atoms with E-state index in [4.69, 9.17) is 22.1 Å². The molecule has 3 heteroatoms. The van der Waals surface area contributed by atoms with Crippen LogP contribution in [0.25, 0.3) is 0 Å². The van der Waals surface area contributed by atoms with E-state index in [2.05, 4.69) is 13.8 Å². The molecule has 0 aliphatic heterocycles. The Bertz CT molecular complexity index is 409. The zero-order chi connectivity index (χ0) is 13.3. The van der Waals surface area contributed by atoms with Crippen molar-refractivity contribution in [2.45, 2.75) is 45.8 Å². The summed E-state index contributed by atoms with van der Waals surface area (Å²) >= 11 is 6.21. The monoisotopic (exact) mass is 267 g/mol. The fourth-order valence-electron chi connectivity index (χ4n) is 2.94. The van der Waals surface area contributed by atoms with E-state index < -0.39 is 0 Å². The van der Waals surface area contributed by atoms with Crippen molar-refractivity contribution < 1.29 is 4.74 Å². The Morgan fingerprint density at radius 2 is 2.00 bits per heavy atom. The second-order valence-electron chi connectivity index (χ2n) is 5.73. The molecule has 0 amide bonds. The Hall–Kier alpha value is -0.730. The zero-order valence-corrected chi connectivity index (χ0v) is 12.1. The van der Waals surface area contributed by atoms with Crippen molar-refractivity contribution in [2.24, 2.45) is 17.6 Å². The third-order valence-corrected chi connectivity index (χ3v) is 4.08. The van der Waals surface area contributed by atoms with Gasteiger partial charge in [-0.05, 0) is 49.3 Å². The first-order valence-corrected chi connectivity index (χ1v) is 7.03. The first kappa shape index (κ1) is 13.7. The Kier molecular flexibility index (Phi) is 4.18. The maximum atomic E-state index is 6.22. The lowest BCUT2D eigenvalue weighted by Gasteiger charge is -2.37. The van der Waals surface area contributed by atoms with Gasteiger partial charge in [-0.25, -0.2) is 0 Å². The second kappa shape index (κ2) is 5.50. The molecule has 4 unspecified atom stereocenters. The van der Waals surface area contributed by atoms with Gasteiger partial charge in [0.05, 0.1) is 5.02 Å². The number of halogens is 1. The fourth-order valence-corrected chi connectivity index (χ4v) is 3.22. The summed E-state index contributed by atoms with van der Waals surface area (Å²) in [5, 5.41) is 0.674. The summed E-state index contributed by atoms with van der Waals surface area (Å²) in [6.07, 6.45) is 2.27. The molecule has 100 valence electrons. The van der Waals surface area contributed by atoms with Crippen molar-refractivity contribution in [3.05, 3.63) is 28.8 Å². The number of hydrogen-bond acceptors (Lipinski definition) is 2. The predicted molar refractivity (Wildman–Crippen MR) is 76.1 cm³/mol. The molecule has 2 nitrogen and oxygen atoms in total. The lowest BCUT2D eigenvalue weighted by atomic mass is 9.78. The topological polar surface area (TPSA) is 35.2 Å². The summed E-state index contributed by atoms with van der Waals surface area (Å²) in [7, 11) is 0. The highest BCUT2D eigenvalue weighted by Crippen LogP contribution is 2.33. The Labute approximate surface area is 114 Å². The Balaban J connectivity index is 2.12. The van der Waals surface area contributed by atoms with E-state index in [9.17, 15) is 0 Å². The number of ether oxygens (including phenoxy) is 1. The van der Waals surface area contributed by atoms with Gasteiger partial charge in [-0.1, -0.05) is 31.5 Å². The number of hydrogen-bond donors (Lipinski definition) is 1. The van der Waals surface area contributed by atoms with Crippen LogP contribution in [0.15, 0.2) is 18.2 Å². The molecule has 0 spiro atoms. The van der Waals surface area contributed by atoms with E-state index >= 15 is 0 Å². The van der Waals surface area contributed by atoms with Gasteiger partial charge in [0.15, 0.2) is 0 Å². The minimum Gasteiger partial charge on any atom is -0.487 e. The van der Waals surface area contributed by atoms with Crippen LogP contribution in [0.5, 0.6) is 5.75 Å². The lowest BCUT2D eigenvalue weighted by Crippen LogP contribution is -2.48. The molecule has 0 radical (unpaired) electrons. The van der Waals surface area contributed by atoms with Gasteiger partial charge >= 0.3 is 0 Å². The van der Waals surface area contributed by atoms with Crippen molar-refractivity contribution in [2.75, 3.05) is 0 Å². The predicted octanol–water partition coefficient (Wildman–Crippen LogP) is 3.79. The normalized spacial score (nSPS) is 32.3. The minimum absolute atomic E-state index is 0.0707. The minimum atomic E-state index is 0.0707. The van der Waals surface area contributed by atoms with Gasteiger partial charge < -0.3 is 10.5 Å². The van der Waals surface area contributed by atoms with Gasteiger partial charge in [-0.3, -0.25) is 0 Å². The molecule has 1 fully saturated rings. The number of aryl methyl sites for hydroxylation is 1. The molecule has 4 atom stereocenters. The van der Waals surface area contributed by atoms with Gasteiger partial charge in [-0.15, -0.1) is 0 Å². The standard InChI is InChI=1S/C15H22ClNO/c1-9-4-5-14(12(16)7-9)18-15-11(3)6-10(2)8-13(15)17/h4-5,7,10-11,13,15H,6,8,17H2,1-3H3. The molecule has 2 rings (SSSR count). The van der Waals surface area contributed by atoms with E-state index in [-0.39, 0.29) is 12.1 Å². The van der Waals surface area contributed by atoms with Crippen LogP contribution in [0.2, 0.25) is 5.02 Å². The Morgan fingerprint density at radius 1 is 1.28 bits per heavy atom. The molecule has 0 aromatic heterocycles. The summed E-state index contributed by atoms with van der Waals surface area (Å²) in [4.78, 5) is 0. The van der Waals surface area contributed by atoms with Crippen LogP contribution in [-0.2, 0) is 0 Å². The summed E-state index contributed by atoms with van der Waals surface area (Å²) in [5.41, 5.74) is 7.36. The molecule has 1 aromatic carbocycles. The number of benzene rings is 1. The molecular formula is C15H22ClNO. The third-order valence-electron chi connectivity index (χ3n) is 3.78. The van der Waals surface area contributed by atoms with Gasteiger partial charge in [0.25, 0.3) is 0 Å². The molecule has 0 heterocycles. The van der Waals surface area contributed by atoms with Gasteiger partial charge in [0.1, 0.15) is 11.9 Å². The van der Waals surface area contributed by atoms with E-state index in [1.807, 2.05) is 25.1 Å². The molecule has 1 aliphatic rings. The first-order chi connectivity index (χ1) is 8.47. The highest BCUT2D eigenvalue weighted by atomic mass is 35.5. The largest absolute Gasteiger partial charge is 0.487 e. The second-order valence-corrected chi connectivity index (χ2v) is 6.14. The van der Waals surface area contributed by atoms with Crippen LogP contribution in [0.3, 0.4) is 0 Å². The van der Waals surface area contributed by atoms with Crippen LogP contribution in [0.1, 0.15) is 32.3 Å².